The zero-order valence-corrected chi connectivity index (χ0v) is 13.0. The molecule has 0 amide bonds. The first kappa shape index (κ1) is 14.3. The molecule has 4 rings (SSSR count). The fourth-order valence-electron chi connectivity index (χ4n) is 3.23. The Morgan fingerprint density at radius 1 is 1.17 bits per heavy atom. The van der Waals surface area contributed by atoms with Gasteiger partial charge in [0, 0.05) is 37.6 Å². The van der Waals surface area contributed by atoms with Crippen LogP contribution in [0.5, 0.6) is 0 Å². The van der Waals surface area contributed by atoms with Gasteiger partial charge in [0.1, 0.15) is 17.5 Å². The Hall–Kier alpha value is -2.34. The maximum atomic E-state index is 13.9. The first-order valence-electron chi connectivity index (χ1n) is 7.91. The summed E-state index contributed by atoms with van der Waals surface area (Å²) in [5, 5.41) is 9.12. The van der Waals surface area contributed by atoms with E-state index >= 15 is 0 Å². The number of benzene rings is 1. The number of hydrogen-bond acceptors (Lipinski definition) is 4. The zero-order chi connectivity index (χ0) is 15.8. The van der Waals surface area contributed by atoms with Gasteiger partial charge in [-0.1, -0.05) is 13.0 Å². The summed E-state index contributed by atoms with van der Waals surface area (Å²) < 4.78 is 16.1. The van der Waals surface area contributed by atoms with Crippen LogP contribution in [-0.2, 0) is 26.1 Å². The number of fused-ring (bicyclic) bond motifs is 2. The molecule has 1 aliphatic heterocycles. The van der Waals surface area contributed by atoms with Gasteiger partial charge in [0.15, 0.2) is 0 Å². The van der Waals surface area contributed by atoms with Crippen LogP contribution in [0.1, 0.15) is 24.1 Å². The van der Waals surface area contributed by atoms with Gasteiger partial charge in [-0.15, -0.1) is 10.2 Å². The number of aryl methyl sites for hydroxylation is 1. The van der Waals surface area contributed by atoms with E-state index < -0.39 is 0 Å². The van der Waals surface area contributed by atoms with Crippen molar-refractivity contribution in [2.75, 3.05) is 6.54 Å². The van der Waals surface area contributed by atoms with Crippen molar-refractivity contribution in [1.29, 1.82) is 0 Å². The average molecular weight is 311 g/mol. The van der Waals surface area contributed by atoms with E-state index in [1.165, 1.54) is 6.07 Å². The van der Waals surface area contributed by atoms with Gasteiger partial charge in [0.05, 0.1) is 12.1 Å². The third kappa shape index (κ3) is 2.49. The Kier molecular flexibility index (Phi) is 3.53. The van der Waals surface area contributed by atoms with Crippen molar-refractivity contribution in [2.45, 2.75) is 33.0 Å². The van der Waals surface area contributed by atoms with Crippen molar-refractivity contribution >= 4 is 10.9 Å². The Labute approximate surface area is 133 Å². The monoisotopic (exact) mass is 311 g/mol. The van der Waals surface area contributed by atoms with E-state index in [-0.39, 0.29) is 5.82 Å². The molecule has 0 bridgehead atoms. The van der Waals surface area contributed by atoms with Crippen LogP contribution in [0.3, 0.4) is 0 Å². The van der Waals surface area contributed by atoms with Gasteiger partial charge in [0.2, 0.25) is 0 Å². The lowest BCUT2D eigenvalue weighted by Gasteiger charge is -2.28. The lowest BCUT2D eigenvalue weighted by molar-refractivity contribution is 0.208. The fourth-order valence-corrected chi connectivity index (χ4v) is 3.23. The van der Waals surface area contributed by atoms with Crippen molar-refractivity contribution in [3.8, 4) is 0 Å². The summed E-state index contributed by atoms with van der Waals surface area (Å²) in [6.07, 6.45) is 2.62. The average Bonchev–Trinajstić information content (AvgIpc) is 3.00. The van der Waals surface area contributed by atoms with E-state index in [4.69, 9.17) is 0 Å². The van der Waals surface area contributed by atoms with Crippen molar-refractivity contribution < 1.29 is 4.39 Å². The van der Waals surface area contributed by atoms with Crippen molar-refractivity contribution in [1.82, 2.24) is 24.6 Å². The molecule has 3 aromatic rings. The number of rotatable bonds is 3. The second-order valence-corrected chi connectivity index (χ2v) is 5.85. The second-order valence-electron chi connectivity index (χ2n) is 5.85. The molecule has 0 aliphatic carbocycles. The Balaban J connectivity index is 1.61. The maximum Gasteiger partial charge on any atom is 0.147 e. The van der Waals surface area contributed by atoms with Crippen LogP contribution in [0.4, 0.5) is 4.39 Å². The second kappa shape index (κ2) is 5.70. The smallest absolute Gasteiger partial charge is 0.147 e. The van der Waals surface area contributed by atoms with Crippen LogP contribution in [-0.4, -0.2) is 31.2 Å². The Morgan fingerprint density at radius 3 is 2.96 bits per heavy atom. The number of nitrogens with zero attached hydrogens (tertiary/aromatic N) is 5. The molecule has 3 heterocycles. The van der Waals surface area contributed by atoms with Crippen LogP contribution in [0.2, 0.25) is 0 Å². The number of aromatic nitrogens is 4. The predicted octanol–water partition coefficient (Wildman–Crippen LogP) is 2.54. The Morgan fingerprint density at radius 2 is 2.09 bits per heavy atom. The molecule has 1 aliphatic rings. The largest absolute Gasteiger partial charge is 0.313 e. The quantitative estimate of drug-likeness (QED) is 0.746. The highest BCUT2D eigenvalue weighted by Crippen LogP contribution is 2.22. The molecular formula is C17H18FN5. The van der Waals surface area contributed by atoms with E-state index in [0.29, 0.717) is 5.39 Å². The minimum atomic E-state index is -0.220. The van der Waals surface area contributed by atoms with Crippen LogP contribution in [0.15, 0.2) is 30.5 Å². The van der Waals surface area contributed by atoms with Gasteiger partial charge in [-0.3, -0.25) is 9.88 Å². The fraction of sp³-hybridized carbons (Fsp3) is 0.353. The lowest BCUT2D eigenvalue weighted by Crippen LogP contribution is -2.34. The molecule has 0 saturated heterocycles. The SMILES string of the molecule is CCc1nnc2n1CCN(Cc1ccc(F)c3cccnc13)C2. The van der Waals surface area contributed by atoms with Crippen molar-refractivity contribution in [2.24, 2.45) is 0 Å². The van der Waals surface area contributed by atoms with E-state index in [1.807, 2.05) is 6.07 Å². The highest BCUT2D eigenvalue weighted by molar-refractivity contribution is 5.82. The third-order valence-corrected chi connectivity index (χ3v) is 4.42. The maximum absolute atomic E-state index is 13.9. The van der Waals surface area contributed by atoms with Crippen LogP contribution >= 0.6 is 0 Å². The molecule has 0 radical (unpaired) electrons. The number of pyridine rings is 1. The standard InChI is InChI=1S/C17H18FN5/c1-2-15-20-21-16-11-22(8-9-23(15)16)10-12-5-6-14(18)13-4-3-7-19-17(12)13/h3-7H,2,8-11H2,1H3. The molecule has 0 fully saturated rings. The van der Waals surface area contributed by atoms with Gasteiger partial charge < -0.3 is 4.57 Å². The summed E-state index contributed by atoms with van der Waals surface area (Å²) in [5.41, 5.74) is 1.79. The first-order chi connectivity index (χ1) is 11.3. The van der Waals surface area contributed by atoms with E-state index in [9.17, 15) is 4.39 Å². The predicted molar refractivity (Wildman–Crippen MR) is 85.2 cm³/mol. The summed E-state index contributed by atoms with van der Waals surface area (Å²) in [5.74, 6) is 1.84. The van der Waals surface area contributed by atoms with E-state index in [2.05, 4.69) is 31.6 Å². The molecular weight excluding hydrogens is 293 g/mol. The molecule has 0 atom stereocenters. The summed E-state index contributed by atoms with van der Waals surface area (Å²) >= 11 is 0. The van der Waals surface area contributed by atoms with Gasteiger partial charge in [0.25, 0.3) is 0 Å². The van der Waals surface area contributed by atoms with E-state index in [1.54, 1.807) is 18.3 Å². The first-order valence-corrected chi connectivity index (χ1v) is 7.91. The normalized spacial score (nSPS) is 15.0. The highest BCUT2D eigenvalue weighted by Gasteiger charge is 2.21. The van der Waals surface area contributed by atoms with Crippen LogP contribution < -0.4 is 0 Å². The van der Waals surface area contributed by atoms with Gasteiger partial charge in [-0.25, -0.2) is 4.39 Å². The van der Waals surface area contributed by atoms with Gasteiger partial charge in [-0.2, -0.15) is 0 Å². The lowest BCUT2D eigenvalue weighted by atomic mass is 10.1. The molecule has 0 N–H and O–H groups in total. The minimum Gasteiger partial charge on any atom is -0.313 e. The topological polar surface area (TPSA) is 46.8 Å². The van der Waals surface area contributed by atoms with Crippen molar-refractivity contribution in [3.63, 3.8) is 0 Å². The van der Waals surface area contributed by atoms with Gasteiger partial charge in [-0.05, 0) is 23.8 Å². The molecule has 0 unspecified atom stereocenters. The van der Waals surface area contributed by atoms with Crippen molar-refractivity contribution in [3.05, 3.63) is 53.5 Å². The molecule has 0 saturated carbocycles. The Bertz CT molecular complexity index is 857. The molecule has 6 heteroatoms. The molecule has 0 spiro atoms. The van der Waals surface area contributed by atoms with Crippen LogP contribution in [0, 0.1) is 5.82 Å². The summed E-state index contributed by atoms with van der Waals surface area (Å²) in [6.45, 7) is 5.43. The molecule has 1 aromatic carbocycles. The molecule has 23 heavy (non-hydrogen) atoms. The number of hydrogen-bond donors (Lipinski definition) is 0. The number of halogens is 1. The minimum absolute atomic E-state index is 0.220. The molecule has 5 nitrogen and oxygen atoms in total. The summed E-state index contributed by atoms with van der Waals surface area (Å²) in [7, 11) is 0. The summed E-state index contributed by atoms with van der Waals surface area (Å²) in [6, 6.07) is 6.91. The molecule has 118 valence electrons. The highest BCUT2D eigenvalue weighted by atomic mass is 19.1. The third-order valence-electron chi connectivity index (χ3n) is 4.42. The van der Waals surface area contributed by atoms with Crippen LogP contribution in [0.25, 0.3) is 10.9 Å². The summed E-state index contributed by atoms with van der Waals surface area (Å²) in [4.78, 5) is 6.68. The van der Waals surface area contributed by atoms with E-state index in [0.717, 1.165) is 55.3 Å². The van der Waals surface area contributed by atoms with Gasteiger partial charge >= 0.3 is 0 Å². The zero-order valence-electron chi connectivity index (χ0n) is 13.0. The molecule has 2 aromatic heterocycles.